The second kappa shape index (κ2) is 12.4. The highest BCUT2D eigenvalue weighted by atomic mass is 16.5. The number of anilines is 1. The lowest BCUT2D eigenvalue weighted by molar-refractivity contribution is 0.102. The van der Waals surface area contributed by atoms with Crippen LogP contribution in [0.5, 0.6) is 11.5 Å². The second-order valence-corrected chi connectivity index (χ2v) is 6.99. The van der Waals surface area contributed by atoms with Crippen molar-refractivity contribution in [2.75, 3.05) is 31.7 Å². The Balaban J connectivity index is 1.44. The SMILES string of the molecule is CCOCCOc1cccc(C(=O)Nc2ccc(OCCCc3ccccc3)cc2)c1. The first-order chi connectivity index (χ1) is 15.2. The fourth-order valence-electron chi connectivity index (χ4n) is 3.04. The first-order valence-electron chi connectivity index (χ1n) is 10.6. The van der Waals surface area contributed by atoms with Gasteiger partial charge in [-0.05, 0) is 67.8 Å². The van der Waals surface area contributed by atoms with Crippen LogP contribution < -0.4 is 14.8 Å². The molecule has 0 aliphatic rings. The van der Waals surface area contributed by atoms with Crippen molar-refractivity contribution < 1.29 is 19.0 Å². The number of carbonyl (C=O) groups is 1. The van der Waals surface area contributed by atoms with Crippen LogP contribution in [0.3, 0.4) is 0 Å². The topological polar surface area (TPSA) is 56.8 Å². The predicted octanol–water partition coefficient (Wildman–Crippen LogP) is 5.37. The maximum atomic E-state index is 12.6. The van der Waals surface area contributed by atoms with Crippen molar-refractivity contribution in [3.8, 4) is 11.5 Å². The summed E-state index contributed by atoms with van der Waals surface area (Å²) in [6, 6.07) is 24.9. The molecular formula is C26H29NO4. The Morgan fingerprint density at radius 3 is 2.35 bits per heavy atom. The van der Waals surface area contributed by atoms with E-state index in [1.165, 1.54) is 5.56 Å². The van der Waals surface area contributed by atoms with Crippen LogP contribution in [0.1, 0.15) is 29.3 Å². The van der Waals surface area contributed by atoms with Crippen molar-refractivity contribution in [3.05, 3.63) is 90.0 Å². The van der Waals surface area contributed by atoms with Gasteiger partial charge in [-0.1, -0.05) is 36.4 Å². The van der Waals surface area contributed by atoms with Crippen LogP contribution in [-0.2, 0) is 11.2 Å². The average Bonchev–Trinajstić information content (AvgIpc) is 2.81. The van der Waals surface area contributed by atoms with Gasteiger partial charge in [-0.3, -0.25) is 4.79 Å². The normalized spacial score (nSPS) is 10.5. The lowest BCUT2D eigenvalue weighted by atomic mass is 10.1. The van der Waals surface area contributed by atoms with Gasteiger partial charge in [0.2, 0.25) is 0 Å². The Hall–Kier alpha value is -3.31. The maximum Gasteiger partial charge on any atom is 0.255 e. The van der Waals surface area contributed by atoms with Crippen LogP contribution in [0.4, 0.5) is 5.69 Å². The summed E-state index contributed by atoms with van der Waals surface area (Å²) in [5.41, 5.74) is 2.56. The molecule has 0 spiro atoms. The van der Waals surface area contributed by atoms with E-state index in [9.17, 15) is 4.79 Å². The number of benzene rings is 3. The van der Waals surface area contributed by atoms with Gasteiger partial charge in [-0.15, -0.1) is 0 Å². The molecule has 3 rings (SSSR count). The Morgan fingerprint density at radius 2 is 1.58 bits per heavy atom. The van der Waals surface area contributed by atoms with Crippen LogP contribution in [0.25, 0.3) is 0 Å². The van der Waals surface area contributed by atoms with Crippen molar-refractivity contribution in [2.45, 2.75) is 19.8 Å². The number of ether oxygens (including phenoxy) is 3. The molecule has 0 radical (unpaired) electrons. The summed E-state index contributed by atoms with van der Waals surface area (Å²) in [6.45, 7) is 4.22. The molecule has 0 unspecified atom stereocenters. The maximum absolute atomic E-state index is 12.6. The van der Waals surface area contributed by atoms with Crippen molar-refractivity contribution in [3.63, 3.8) is 0 Å². The van der Waals surface area contributed by atoms with E-state index in [-0.39, 0.29) is 5.91 Å². The summed E-state index contributed by atoms with van der Waals surface area (Å²) >= 11 is 0. The van der Waals surface area contributed by atoms with E-state index in [4.69, 9.17) is 14.2 Å². The van der Waals surface area contributed by atoms with Crippen LogP contribution in [-0.4, -0.2) is 32.3 Å². The molecule has 0 heterocycles. The Labute approximate surface area is 184 Å². The largest absolute Gasteiger partial charge is 0.494 e. The van der Waals surface area contributed by atoms with Gasteiger partial charge in [0, 0.05) is 17.9 Å². The van der Waals surface area contributed by atoms with Crippen molar-refractivity contribution in [1.29, 1.82) is 0 Å². The van der Waals surface area contributed by atoms with Gasteiger partial charge in [0.05, 0.1) is 13.2 Å². The molecule has 0 fully saturated rings. The molecule has 0 saturated heterocycles. The smallest absolute Gasteiger partial charge is 0.255 e. The molecule has 0 aliphatic heterocycles. The zero-order valence-corrected chi connectivity index (χ0v) is 17.9. The number of aryl methyl sites for hydroxylation is 1. The highest BCUT2D eigenvalue weighted by Crippen LogP contribution is 2.19. The van der Waals surface area contributed by atoms with E-state index < -0.39 is 0 Å². The lowest BCUT2D eigenvalue weighted by Gasteiger charge is -2.10. The van der Waals surface area contributed by atoms with Gasteiger partial charge < -0.3 is 19.5 Å². The van der Waals surface area contributed by atoms with Crippen molar-refractivity contribution >= 4 is 11.6 Å². The Kier molecular flexibility index (Phi) is 8.95. The zero-order chi connectivity index (χ0) is 21.7. The molecule has 31 heavy (non-hydrogen) atoms. The first-order valence-corrected chi connectivity index (χ1v) is 10.6. The van der Waals surface area contributed by atoms with E-state index in [2.05, 4.69) is 29.6 Å². The number of hydrogen-bond donors (Lipinski definition) is 1. The van der Waals surface area contributed by atoms with Crippen LogP contribution >= 0.6 is 0 Å². The number of rotatable bonds is 12. The number of carbonyl (C=O) groups excluding carboxylic acids is 1. The van der Waals surface area contributed by atoms with Gasteiger partial charge in [-0.25, -0.2) is 0 Å². The van der Waals surface area contributed by atoms with E-state index in [1.807, 2.05) is 43.3 Å². The molecule has 0 atom stereocenters. The van der Waals surface area contributed by atoms with Crippen molar-refractivity contribution in [2.24, 2.45) is 0 Å². The molecule has 0 aromatic heterocycles. The van der Waals surface area contributed by atoms with E-state index in [1.54, 1.807) is 18.2 Å². The number of nitrogens with one attached hydrogen (secondary N) is 1. The molecule has 0 saturated carbocycles. The van der Waals surface area contributed by atoms with E-state index in [0.29, 0.717) is 43.4 Å². The molecule has 5 heteroatoms. The summed E-state index contributed by atoms with van der Waals surface area (Å²) in [5, 5.41) is 2.90. The first kappa shape index (κ1) is 22.4. The summed E-state index contributed by atoms with van der Waals surface area (Å²) in [7, 11) is 0. The highest BCUT2D eigenvalue weighted by Gasteiger charge is 2.08. The summed E-state index contributed by atoms with van der Waals surface area (Å²) in [4.78, 5) is 12.6. The Morgan fingerprint density at radius 1 is 0.806 bits per heavy atom. The minimum Gasteiger partial charge on any atom is -0.494 e. The highest BCUT2D eigenvalue weighted by molar-refractivity contribution is 6.04. The quantitative estimate of drug-likeness (QED) is 0.401. The minimum absolute atomic E-state index is 0.188. The molecule has 0 aliphatic carbocycles. The van der Waals surface area contributed by atoms with Gasteiger partial charge in [0.15, 0.2) is 0 Å². The van der Waals surface area contributed by atoms with Gasteiger partial charge in [-0.2, -0.15) is 0 Å². The third-order valence-electron chi connectivity index (χ3n) is 4.63. The molecule has 5 nitrogen and oxygen atoms in total. The molecule has 1 amide bonds. The monoisotopic (exact) mass is 419 g/mol. The van der Waals surface area contributed by atoms with Crippen LogP contribution in [0.2, 0.25) is 0 Å². The molecule has 0 bridgehead atoms. The summed E-state index contributed by atoms with van der Waals surface area (Å²) in [5.74, 6) is 1.24. The summed E-state index contributed by atoms with van der Waals surface area (Å²) < 4.78 is 16.7. The zero-order valence-electron chi connectivity index (χ0n) is 17.9. The Bertz CT molecular complexity index is 926. The molecule has 162 valence electrons. The standard InChI is InChI=1S/C26H29NO4/c1-2-29-18-19-31-25-12-6-11-22(20-25)26(28)27-23-13-15-24(16-14-23)30-17-7-10-21-8-4-3-5-9-21/h3-6,8-9,11-16,20H,2,7,10,17-19H2,1H3,(H,27,28). The third-order valence-corrected chi connectivity index (χ3v) is 4.63. The molecular weight excluding hydrogens is 390 g/mol. The summed E-state index contributed by atoms with van der Waals surface area (Å²) in [6.07, 6.45) is 1.94. The van der Waals surface area contributed by atoms with Crippen molar-refractivity contribution in [1.82, 2.24) is 0 Å². The lowest BCUT2D eigenvalue weighted by Crippen LogP contribution is -2.12. The fraction of sp³-hybridized carbons (Fsp3) is 0.269. The fourth-order valence-corrected chi connectivity index (χ4v) is 3.04. The third kappa shape index (κ3) is 7.79. The predicted molar refractivity (Wildman–Crippen MR) is 123 cm³/mol. The van der Waals surface area contributed by atoms with E-state index in [0.717, 1.165) is 18.6 Å². The molecule has 3 aromatic carbocycles. The van der Waals surface area contributed by atoms with Crippen LogP contribution in [0, 0.1) is 0 Å². The molecule has 3 aromatic rings. The van der Waals surface area contributed by atoms with Crippen LogP contribution in [0.15, 0.2) is 78.9 Å². The number of amides is 1. The van der Waals surface area contributed by atoms with Gasteiger partial charge in [0.1, 0.15) is 18.1 Å². The number of hydrogen-bond acceptors (Lipinski definition) is 4. The van der Waals surface area contributed by atoms with E-state index >= 15 is 0 Å². The minimum atomic E-state index is -0.188. The van der Waals surface area contributed by atoms with Gasteiger partial charge >= 0.3 is 0 Å². The average molecular weight is 420 g/mol. The molecule has 1 N–H and O–H groups in total. The second-order valence-electron chi connectivity index (χ2n) is 6.99. The van der Waals surface area contributed by atoms with Gasteiger partial charge in [0.25, 0.3) is 5.91 Å².